The largest absolute Gasteiger partial charge is 0.480 e. The minimum atomic E-state index is -0.722. The molecule has 1 aromatic rings. The smallest absolute Gasteiger partial charge is 0.317 e. The van der Waals surface area contributed by atoms with Crippen LogP contribution in [0.3, 0.4) is 0 Å². The van der Waals surface area contributed by atoms with Crippen molar-refractivity contribution in [3.63, 3.8) is 0 Å². The zero-order chi connectivity index (χ0) is 15.5. The number of hydrogen-bond acceptors (Lipinski definition) is 3. The molecule has 1 N–H and O–H groups in total. The van der Waals surface area contributed by atoms with E-state index in [2.05, 4.69) is 41.0 Å². The summed E-state index contributed by atoms with van der Waals surface area (Å²) in [4.78, 5) is 15.6. The van der Waals surface area contributed by atoms with Crippen LogP contribution in [-0.4, -0.2) is 53.1 Å². The molecule has 0 spiro atoms. The molecule has 1 saturated heterocycles. The minimum absolute atomic E-state index is 0.163. The second kappa shape index (κ2) is 6.80. The maximum Gasteiger partial charge on any atom is 0.317 e. The predicted octanol–water partition coefficient (Wildman–Crippen LogP) is 2.54. The molecule has 2 atom stereocenters. The lowest BCUT2D eigenvalue weighted by molar-refractivity contribution is -0.139. The van der Waals surface area contributed by atoms with Gasteiger partial charge in [-0.2, -0.15) is 0 Å². The number of aliphatic carboxylic acids is 1. The van der Waals surface area contributed by atoms with Crippen LogP contribution in [0.2, 0.25) is 0 Å². The van der Waals surface area contributed by atoms with E-state index in [1.165, 1.54) is 36.8 Å². The third-order valence-corrected chi connectivity index (χ3v) is 5.16. The van der Waals surface area contributed by atoms with E-state index in [9.17, 15) is 4.79 Å². The van der Waals surface area contributed by atoms with Gasteiger partial charge in [-0.1, -0.05) is 30.7 Å². The summed E-state index contributed by atoms with van der Waals surface area (Å²) in [7, 11) is 0. The maximum atomic E-state index is 11.0. The van der Waals surface area contributed by atoms with Gasteiger partial charge < -0.3 is 5.11 Å². The SMILES string of the molecule is CC1CN(C2CCCCc3ccccc32)CCN1CC(=O)O. The molecule has 2 unspecified atom stereocenters. The first-order valence-corrected chi connectivity index (χ1v) is 8.43. The highest BCUT2D eigenvalue weighted by atomic mass is 16.4. The molecule has 0 saturated carbocycles. The van der Waals surface area contributed by atoms with Crippen LogP contribution in [-0.2, 0) is 11.2 Å². The third-order valence-electron chi connectivity index (χ3n) is 5.16. The highest BCUT2D eigenvalue weighted by Crippen LogP contribution is 2.34. The molecule has 3 rings (SSSR count). The molecule has 22 heavy (non-hydrogen) atoms. The second-order valence-electron chi connectivity index (χ2n) is 6.67. The number of fused-ring (bicyclic) bond motifs is 1. The van der Waals surface area contributed by atoms with Crippen molar-refractivity contribution in [1.29, 1.82) is 0 Å². The van der Waals surface area contributed by atoms with Gasteiger partial charge in [0, 0.05) is 31.7 Å². The minimum Gasteiger partial charge on any atom is -0.480 e. The maximum absolute atomic E-state index is 11.0. The Morgan fingerprint density at radius 3 is 2.86 bits per heavy atom. The summed E-state index contributed by atoms with van der Waals surface area (Å²) in [6.07, 6.45) is 4.98. The van der Waals surface area contributed by atoms with E-state index in [0.717, 1.165) is 19.6 Å². The van der Waals surface area contributed by atoms with Crippen molar-refractivity contribution in [1.82, 2.24) is 9.80 Å². The molecule has 1 fully saturated rings. The Morgan fingerprint density at radius 2 is 2.09 bits per heavy atom. The van der Waals surface area contributed by atoms with Crippen LogP contribution in [0.5, 0.6) is 0 Å². The lowest BCUT2D eigenvalue weighted by atomic mass is 9.96. The van der Waals surface area contributed by atoms with Crippen LogP contribution in [0.25, 0.3) is 0 Å². The first kappa shape index (κ1) is 15.5. The Hall–Kier alpha value is -1.39. The lowest BCUT2D eigenvalue weighted by Gasteiger charge is -2.43. The van der Waals surface area contributed by atoms with E-state index >= 15 is 0 Å². The Labute approximate surface area is 132 Å². The molecular weight excluding hydrogens is 276 g/mol. The number of aryl methyl sites for hydroxylation is 1. The van der Waals surface area contributed by atoms with Crippen molar-refractivity contribution in [2.24, 2.45) is 0 Å². The van der Waals surface area contributed by atoms with Gasteiger partial charge in [0.2, 0.25) is 0 Å². The van der Waals surface area contributed by atoms with E-state index in [1.54, 1.807) is 0 Å². The molecule has 0 amide bonds. The molecule has 120 valence electrons. The highest BCUT2D eigenvalue weighted by Gasteiger charge is 2.31. The number of carboxylic acids is 1. The Kier molecular flexibility index (Phi) is 4.79. The van der Waals surface area contributed by atoms with Crippen molar-refractivity contribution < 1.29 is 9.90 Å². The standard InChI is InChI=1S/C18H26N2O2/c1-14-12-20(11-10-19(14)13-18(21)22)17-9-5-3-7-15-6-2-4-8-16(15)17/h2,4,6,8,14,17H,3,5,7,9-13H2,1H3,(H,21,22). The molecule has 0 radical (unpaired) electrons. The monoisotopic (exact) mass is 302 g/mol. The fraction of sp³-hybridized carbons (Fsp3) is 0.611. The molecule has 0 bridgehead atoms. The predicted molar refractivity (Wildman–Crippen MR) is 87.0 cm³/mol. The topological polar surface area (TPSA) is 43.8 Å². The highest BCUT2D eigenvalue weighted by molar-refractivity contribution is 5.69. The molecule has 4 nitrogen and oxygen atoms in total. The normalized spacial score (nSPS) is 27.1. The second-order valence-corrected chi connectivity index (χ2v) is 6.67. The van der Waals surface area contributed by atoms with Gasteiger partial charge in [0.15, 0.2) is 0 Å². The lowest BCUT2D eigenvalue weighted by Crippen LogP contribution is -2.53. The van der Waals surface area contributed by atoms with Gasteiger partial charge in [-0.25, -0.2) is 0 Å². The summed E-state index contributed by atoms with van der Waals surface area (Å²) >= 11 is 0. The van der Waals surface area contributed by atoms with Gasteiger partial charge in [0.25, 0.3) is 0 Å². The summed E-state index contributed by atoms with van der Waals surface area (Å²) in [5, 5.41) is 9.01. The van der Waals surface area contributed by atoms with Crippen LogP contribution in [0.1, 0.15) is 43.4 Å². The van der Waals surface area contributed by atoms with E-state index in [-0.39, 0.29) is 6.54 Å². The summed E-state index contributed by atoms with van der Waals surface area (Å²) < 4.78 is 0. The number of piperazine rings is 1. The van der Waals surface area contributed by atoms with Crippen LogP contribution >= 0.6 is 0 Å². The van der Waals surface area contributed by atoms with Gasteiger partial charge in [0.05, 0.1) is 6.54 Å². The van der Waals surface area contributed by atoms with E-state index in [4.69, 9.17) is 5.11 Å². The van der Waals surface area contributed by atoms with Gasteiger partial charge in [-0.15, -0.1) is 0 Å². The number of rotatable bonds is 3. The summed E-state index contributed by atoms with van der Waals surface area (Å²) in [6, 6.07) is 9.68. The average molecular weight is 302 g/mol. The zero-order valence-corrected chi connectivity index (χ0v) is 13.4. The molecule has 1 aromatic carbocycles. The number of carbonyl (C=O) groups is 1. The van der Waals surface area contributed by atoms with Crippen LogP contribution in [0, 0.1) is 0 Å². The van der Waals surface area contributed by atoms with Crippen LogP contribution in [0.15, 0.2) is 24.3 Å². The fourth-order valence-corrected chi connectivity index (χ4v) is 3.99. The van der Waals surface area contributed by atoms with Crippen molar-refractivity contribution in [2.75, 3.05) is 26.2 Å². The molecular formula is C18H26N2O2. The Bertz CT molecular complexity index is 532. The quantitative estimate of drug-likeness (QED) is 0.872. The molecule has 1 aliphatic carbocycles. The Balaban J connectivity index is 1.74. The molecule has 0 aromatic heterocycles. The Morgan fingerprint density at radius 1 is 1.27 bits per heavy atom. The van der Waals surface area contributed by atoms with Gasteiger partial charge in [-0.3, -0.25) is 14.6 Å². The van der Waals surface area contributed by atoms with Crippen molar-refractivity contribution in [2.45, 2.75) is 44.7 Å². The van der Waals surface area contributed by atoms with E-state index in [1.807, 2.05) is 0 Å². The summed E-state index contributed by atoms with van der Waals surface area (Å²) in [5.74, 6) is -0.722. The number of hydrogen-bond donors (Lipinski definition) is 1. The van der Waals surface area contributed by atoms with Crippen molar-refractivity contribution >= 4 is 5.97 Å². The van der Waals surface area contributed by atoms with Gasteiger partial charge >= 0.3 is 5.97 Å². The van der Waals surface area contributed by atoms with Crippen LogP contribution < -0.4 is 0 Å². The molecule has 2 aliphatic rings. The number of carboxylic acid groups (broad SMARTS) is 1. The molecule has 4 heteroatoms. The average Bonchev–Trinajstić information content (AvgIpc) is 2.71. The van der Waals surface area contributed by atoms with Gasteiger partial charge in [-0.05, 0) is 37.3 Å². The zero-order valence-electron chi connectivity index (χ0n) is 13.4. The number of benzene rings is 1. The van der Waals surface area contributed by atoms with Gasteiger partial charge in [0.1, 0.15) is 0 Å². The van der Waals surface area contributed by atoms with Crippen molar-refractivity contribution in [3.8, 4) is 0 Å². The first-order valence-electron chi connectivity index (χ1n) is 8.43. The molecule has 1 aliphatic heterocycles. The van der Waals surface area contributed by atoms with E-state index < -0.39 is 5.97 Å². The fourth-order valence-electron chi connectivity index (χ4n) is 3.99. The first-order chi connectivity index (χ1) is 10.6. The van der Waals surface area contributed by atoms with Crippen molar-refractivity contribution in [3.05, 3.63) is 35.4 Å². The van der Waals surface area contributed by atoms with E-state index in [0.29, 0.717) is 12.1 Å². The summed E-state index contributed by atoms with van der Waals surface area (Å²) in [6.45, 7) is 5.10. The molecule has 1 heterocycles. The number of nitrogens with zero attached hydrogens (tertiary/aromatic N) is 2. The summed E-state index contributed by atoms with van der Waals surface area (Å²) in [5.41, 5.74) is 3.00. The van der Waals surface area contributed by atoms with Crippen LogP contribution in [0.4, 0.5) is 0 Å². The third kappa shape index (κ3) is 3.33.